The Hall–Kier alpha value is -3.62. The zero-order valence-electron chi connectivity index (χ0n) is 17.0. The first-order chi connectivity index (χ1) is 15.3. The Morgan fingerprint density at radius 3 is 1.66 bits per heavy atom. The second kappa shape index (κ2) is 10.1. The van der Waals surface area contributed by atoms with Gasteiger partial charge in [0, 0.05) is 16.4 Å². The predicted octanol–water partition coefficient (Wildman–Crippen LogP) is 5.80. The molecule has 0 radical (unpaired) electrons. The number of sulfonamides is 1. The van der Waals surface area contributed by atoms with Crippen LogP contribution in [0.1, 0.15) is 12.5 Å². The molecule has 2 N–H and O–H groups in total. The molecule has 0 aromatic heterocycles. The molecule has 0 saturated carbocycles. The number of hydrogen-bond acceptors (Lipinski definition) is 4. The average Bonchev–Trinajstić information content (AvgIpc) is 2.75. The average molecular weight is 470 g/mol. The van der Waals surface area contributed by atoms with Gasteiger partial charge in [-0.05, 0) is 54.5 Å². The smallest absolute Gasteiger partial charge is 0.307 e. The normalized spacial score (nSPS) is 11.5. The highest BCUT2D eigenvalue weighted by atomic mass is 35.5. The minimum absolute atomic E-state index is 0.159. The number of benzene rings is 3. The highest BCUT2D eigenvalue weighted by Gasteiger charge is 2.33. The van der Waals surface area contributed by atoms with Crippen molar-refractivity contribution >= 4 is 50.6 Å². The lowest BCUT2D eigenvalue weighted by Crippen LogP contribution is -2.45. The van der Waals surface area contributed by atoms with Gasteiger partial charge in [0.2, 0.25) is 0 Å². The zero-order chi connectivity index (χ0) is 23.1. The first-order valence-electron chi connectivity index (χ1n) is 9.48. The molecular formula is C23H20ClN3O4S. The fraction of sp³-hybridized carbons (Fsp3) is 0.0435. The lowest BCUT2D eigenvalue weighted by atomic mass is 10.1. The fourth-order valence-electron chi connectivity index (χ4n) is 2.77. The van der Waals surface area contributed by atoms with Crippen LogP contribution >= 0.6 is 11.6 Å². The second-order valence-corrected chi connectivity index (χ2v) is 8.78. The van der Waals surface area contributed by atoms with Crippen molar-refractivity contribution in [2.75, 3.05) is 10.6 Å². The van der Waals surface area contributed by atoms with Gasteiger partial charge in [-0.15, -0.1) is 4.31 Å². The quantitative estimate of drug-likeness (QED) is 0.493. The summed E-state index contributed by atoms with van der Waals surface area (Å²) in [6.45, 7) is 1.56. The highest BCUT2D eigenvalue weighted by molar-refractivity contribution is 7.93. The number of urea groups is 2. The van der Waals surface area contributed by atoms with E-state index in [1.165, 1.54) is 0 Å². The lowest BCUT2D eigenvalue weighted by Gasteiger charge is -2.20. The first-order valence-corrected chi connectivity index (χ1v) is 11.4. The largest absolute Gasteiger partial charge is 0.344 e. The Balaban J connectivity index is 1.95. The van der Waals surface area contributed by atoms with Gasteiger partial charge in [0.15, 0.2) is 0 Å². The molecule has 3 aromatic rings. The Morgan fingerprint density at radius 1 is 0.781 bits per heavy atom. The molecule has 0 bridgehead atoms. The topological polar surface area (TPSA) is 95.6 Å². The van der Waals surface area contributed by atoms with Gasteiger partial charge in [-0.3, -0.25) is 0 Å². The van der Waals surface area contributed by atoms with E-state index >= 15 is 0 Å². The molecule has 0 spiro atoms. The number of allylic oxidation sites excluding steroid dienone is 1. The van der Waals surface area contributed by atoms with Crippen LogP contribution in [-0.2, 0) is 10.0 Å². The summed E-state index contributed by atoms with van der Waals surface area (Å²) >= 11 is 5.89. The number of nitrogens with zero attached hydrogens (tertiary/aromatic N) is 1. The molecule has 0 aliphatic rings. The summed E-state index contributed by atoms with van der Waals surface area (Å²) in [4.78, 5) is 25.8. The van der Waals surface area contributed by atoms with Crippen LogP contribution in [0.25, 0.3) is 5.57 Å². The lowest BCUT2D eigenvalue weighted by molar-refractivity contribution is 0.223. The maximum absolute atomic E-state index is 13.1. The van der Waals surface area contributed by atoms with Crippen LogP contribution in [0.4, 0.5) is 21.0 Å². The van der Waals surface area contributed by atoms with Crippen molar-refractivity contribution in [2.45, 2.75) is 6.92 Å². The van der Waals surface area contributed by atoms with Gasteiger partial charge in [0.05, 0.1) is 5.41 Å². The van der Waals surface area contributed by atoms with Crippen molar-refractivity contribution in [3.63, 3.8) is 0 Å². The van der Waals surface area contributed by atoms with E-state index in [1.807, 2.05) is 0 Å². The van der Waals surface area contributed by atoms with Gasteiger partial charge in [0.25, 0.3) is 10.0 Å². The number of para-hydroxylation sites is 2. The maximum atomic E-state index is 13.1. The standard InChI is InChI=1S/C23H20ClN3O4S/c1-17(18-12-14-19(24)15-13-18)16-32(30,31)27(22(28)25-20-8-4-2-5-9-20)23(29)26-21-10-6-3-7-11-21/h2-16H,1H3,(H,25,28)(H,26,29)/b17-16+. The van der Waals surface area contributed by atoms with Crippen LogP contribution in [0.5, 0.6) is 0 Å². The van der Waals surface area contributed by atoms with E-state index in [2.05, 4.69) is 10.6 Å². The van der Waals surface area contributed by atoms with E-state index in [0.717, 1.165) is 5.41 Å². The minimum Gasteiger partial charge on any atom is -0.307 e. The molecule has 0 aliphatic carbocycles. The number of amides is 4. The summed E-state index contributed by atoms with van der Waals surface area (Å²) in [5, 5.41) is 6.23. The Morgan fingerprint density at radius 2 is 1.22 bits per heavy atom. The molecule has 0 heterocycles. The summed E-state index contributed by atoms with van der Waals surface area (Å²) < 4.78 is 26.5. The monoisotopic (exact) mass is 469 g/mol. The van der Waals surface area contributed by atoms with Crippen molar-refractivity contribution in [2.24, 2.45) is 0 Å². The van der Waals surface area contributed by atoms with Crippen molar-refractivity contribution < 1.29 is 18.0 Å². The molecule has 9 heteroatoms. The molecule has 0 atom stereocenters. The number of halogens is 1. The number of carbonyl (C=O) groups excluding carboxylic acids is 2. The molecule has 0 unspecified atom stereocenters. The van der Waals surface area contributed by atoms with E-state index in [0.29, 0.717) is 27.5 Å². The van der Waals surface area contributed by atoms with Gasteiger partial charge in [-0.1, -0.05) is 60.1 Å². The molecule has 3 rings (SSSR count). The van der Waals surface area contributed by atoms with E-state index in [9.17, 15) is 18.0 Å². The predicted molar refractivity (Wildman–Crippen MR) is 127 cm³/mol. The summed E-state index contributed by atoms with van der Waals surface area (Å²) in [6, 6.07) is 20.7. The molecule has 3 aromatic carbocycles. The van der Waals surface area contributed by atoms with Crippen molar-refractivity contribution in [1.29, 1.82) is 0 Å². The van der Waals surface area contributed by atoms with E-state index in [-0.39, 0.29) is 4.31 Å². The SMILES string of the molecule is C/C(=C\S(=O)(=O)N(C(=O)Nc1ccccc1)C(=O)Nc1ccccc1)c1ccc(Cl)cc1. The van der Waals surface area contributed by atoms with E-state index in [4.69, 9.17) is 11.6 Å². The summed E-state index contributed by atoms with van der Waals surface area (Å²) in [5.74, 6) is 0. The van der Waals surface area contributed by atoms with Crippen molar-refractivity contribution in [3.8, 4) is 0 Å². The third-order valence-electron chi connectivity index (χ3n) is 4.30. The third kappa shape index (κ3) is 5.96. The van der Waals surface area contributed by atoms with Crippen LogP contribution in [0, 0.1) is 0 Å². The minimum atomic E-state index is -4.50. The highest BCUT2D eigenvalue weighted by Crippen LogP contribution is 2.21. The number of imide groups is 1. The van der Waals surface area contributed by atoms with Crippen LogP contribution in [0.15, 0.2) is 90.3 Å². The number of rotatable bonds is 5. The van der Waals surface area contributed by atoms with Gasteiger partial charge >= 0.3 is 12.1 Å². The molecule has 0 fully saturated rings. The molecule has 0 saturated heterocycles. The molecule has 0 aliphatic heterocycles. The van der Waals surface area contributed by atoms with Crippen molar-refractivity contribution in [3.05, 3.63) is 101 Å². The second-order valence-electron chi connectivity index (χ2n) is 6.71. The Labute approximate surface area is 191 Å². The van der Waals surface area contributed by atoms with Crippen molar-refractivity contribution in [1.82, 2.24) is 4.31 Å². The Bertz CT molecular complexity index is 1180. The molecule has 7 nitrogen and oxygen atoms in total. The van der Waals surface area contributed by atoms with Gasteiger partial charge < -0.3 is 10.6 Å². The number of hydrogen-bond donors (Lipinski definition) is 2. The van der Waals surface area contributed by atoms with Crippen LogP contribution in [-0.4, -0.2) is 24.8 Å². The summed E-state index contributed by atoms with van der Waals surface area (Å²) in [7, 11) is -4.50. The van der Waals surface area contributed by atoms with E-state index < -0.39 is 22.1 Å². The first kappa shape index (κ1) is 23.1. The fourth-order valence-corrected chi connectivity index (χ4v) is 4.14. The van der Waals surface area contributed by atoms with Crippen LogP contribution in [0.3, 0.4) is 0 Å². The molecule has 164 valence electrons. The third-order valence-corrected chi connectivity index (χ3v) is 6.04. The van der Waals surface area contributed by atoms with Crippen LogP contribution in [0.2, 0.25) is 5.02 Å². The van der Waals surface area contributed by atoms with Gasteiger partial charge in [-0.2, -0.15) is 0 Å². The summed E-state index contributed by atoms with van der Waals surface area (Å²) in [5.41, 5.74) is 1.57. The zero-order valence-corrected chi connectivity index (χ0v) is 18.6. The maximum Gasteiger partial charge on any atom is 0.344 e. The Kier molecular flexibility index (Phi) is 7.29. The molecule has 4 amide bonds. The number of nitrogens with one attached hydrogen (secondary N) is 2. The number of anilines is 2. The number of carbonyl (C=O) groups is 2. The molecular weight excluding hydrogens is 450 g/mol. The summed E-state index contributed by atoms with van der Waals surface area (Å²) in [6.07, 6.45) is 0. The van der Waals surface area contributed by atoms with E-state index in [1.54, 1.807) is 91.9 Å². The van der Waals surface area contributed by atoms with Gasteiger partial charge in [-0.25, -0.2) is 18.0 Å². The van der Waals surface area contributed by atoms with Crippen LogP contribution < -0.4 is 10.6 Å². The van der Waals surface area contributed by atoms with Gasteiger partial charge in [0.1, 0.15) is 0 Å². The molecule has 32 heavy (non-hydrogen) atoms.